The third-order valence-electron chi connectivity index (χ3n) is 0. The van der Waals surface area contributed by atoms with Crippen molar-refractivity contribution in [3.63, 3.8) is 0 Å². The van der Waals surface area contributed by atoms with Gasteiger partial charge in [0, 0.05) is 1.43 Å². The first kappa shape index (κ1) is 8.82. The summed E-state index contributed by atoms with van der Waals surface area (Å²) in [7, 11) is 4.15. The van der Waals surface area contributed by atoms with Crippen LogP contribution in [0.25, 0.3) is 0 Å². The molecule has 1 nitrogen and oxygen atoms in total. The molecular formula is CH3BNNa. The van der Waals surface area contributed by atoms with E-state index in [2.05, 4.69) is 7.85 Å². The second-order valence-electron chi connectivity index (χ2n) is 0.129. The smallest absolute Gasteiger partial charge is 1.00 e. The molecule has 0 aliphatic rings. The van der Waals surface area contributed by atoms with Crippen LogP contribution in [0.2, 0.25) is 0 Å². The molecule has 0 saturated carbocycles. The SMILES string of the molecule is [2HH].[B]C#N.[H-].[Na+]. The summed E-state index contributed by atoms with van der Waals surface area (Å²) in [6.07, 6.45) is 0. The van der Waals surface area contributed by atoms with Crippen molar-refractivity contribution in [2.75, 3.05) is 0 Å². The Kier molecular flexibility index (Phi) is 21.2. The Morgan fingerprint density at radius 2 is 2.25 bits per heavy atom. The van der Waals surface area contributed by atoms with Gasteiger partial charge in [-0.1, -0.05) is 0 Å². The Hall–Kier alpha value is 0.555. The van der Waals surface area contributed by atoms with E-state index < -0.39 is 0 Å². The fourth-order valence-electron chi connectivity index (χ4n) is 0. The van der Waals surface area contributed by atoms with Gasteiger partial charge in [-0.25, -0.2) is 5.26 Å². The van der Waals surface area contributed by atoms with E-state index in [-0.39, 0.29) is 32.4 Å². The second-order valence-corrected chi connectivity index (χ2v) is 0.129. The third kappa shape index (κ3) is 20.1. The maximum Gasteiger partial charge on any atom is 1.00 e. The van der Waals surface area contributed by atoms with Gasteiger partial charge in [-0.05, 0) is 5.97 Å². The number of nitrogens with zero attached hydrogens (tertiary/aromatic N) is 1. The van der Waals surface area contributed by atoms with Crippen LogP contribution in [0.15, 0.2) is 0 Å². The summed E-state index contributed by atoms with van der Waals surface area (Å²) in [6.45, 7) is 0. The maximum atomic E-state index is 7.10. The average molecular weight is 63.9 g/mol. The molecule has 0 heterocycles. The normalized spacial score (nSPS) is 1.75. The van der Waals surface area contributed by atoms with Crippen LogP contribution >= 0.6 is 0 Å². The molecule has 2 radical (unpaired) electrons. The van der Waals surface area contributed by atoms with E-state index in [0.29, 0.717) is 0 Å². The van der Waals surface area contributed by atoms with Crippen LogP contribution in [0.4, 0.5) is 0 Å². The number of hydrogen-bond donors (Lipinski definition) is 0. The zero-order chi connectivity index (χ0) is 2.71. The summed E-state index contributed by atoms with van der Waals surface area (Å²) in [5, 5.41) is 7.10. The molecule has 0 fully saturated rings. The van der Waals surface area contributed by atoms with Crippen molar-refractivity contribution in [2.24, 2.45) is 0 Å². The standard InChI is InChI=1S/CBN.Na.H2.H/c2-1-3;;;/h;;1H;/q;+1;;-1/i;;1+1;. The second kappa shape index (κ2) is 9.60. The Morgan fingerprint density at radius 1 is 2.25 bits per heavy atom. The molecule has 16 valence electrons. The van der Waals surface area contributed by atoms with Crippen LogP contribution in [0.3, 0.4) is 0 Å². The minimum Gasteiger partial charge on any atom is -1.00 e. The molecule has 0 bridgehead atoms. The Balaban J connectivity index is -0.00000000667. The van der Waals surface area contributed by atoms with E-state index in [1.165, 1.54) is 5.97 Å². The Bertz CT molecular complexity index is 35.0. The zero-order valence-electron chi connectivity index (χ0n) is 3.52. The average Bonchev–Trinajstić information content (AvgIpc) is 0.918. The quantitative estimate of drug-likeness (QED) is 0.275. The summed E-state index contributed by atoms with van der Waals surface area (Å²) >= 11 is 0. The van der Waals surface area contributed by atoms with Gasteiger partial charge in [-0.3, -0.25) is 0 Å². The number of rotatable bonds is 0. The van der Waals surface area contributed by atoms with Crippen LogP contribution in [0.1, 0.15) is 2.85 Å². The molecule has 0 aromatic heterocycles. The van der Waals surface area contributed by atoms with Gasteiger partial charge in [0.2, 0.25) is 7.85 Å². The molecule has 3 heteroatoms. The third-order valence-corrected chi connectivity index (χ3v) is 0. The molecule has 0 unspecified atom stereocenters. The van der Waals surface area contributed by atoms with Crippen molar-refractivity contribution in [2.45, 2.75) is 0 Å². The van der Waals surface area contributed by atoms with Crippen LogP contribution in [0, 0.1) is 11.2 Å². The Labute approximate surface area is 51.7 Å². The van der Waals surface area contributed by atoms with E-state index in [9.17, 15) is 0 Å². The number of nitriles is 1. The van der Waals surface area contributed by atoms with Crippen LogP contribution in [-0.2, 0) is 0 Å². The van der Waals surface area contributed by atoms with Gasteiger partial charge < -0.3 is 1.43 Å². The molecule has 0 aromatic rings. The molecule has 0 aliphatic heterocycles. The van der Waals surface area contributed by atoms with E-state index >= 15 is 0 Å². The molecule has 0 spiro atoms. The van der Waals surface area contributed by atoms with Gasteiger partial charge in [0.1, 0.15) is 0 Å². The van der Waals surface area contributed by atoms with Crippen molar-refractivity contribution >= 4 is 7.85 Å². The van der Waals surface area contributed by atoms with Gasteiger partial charge in [0.25, 0.3) is 0 Å². The van der Waals surface area contributed by atoms with Gasteiger partial charge in [0.05, 0.1) is 0 Å². The van der Waals surface area contributed by atoms with Gasteiger partial charge in [-0.2, -0.15) is 0 Å². The van der Waals surface area contributed by atoms with Gasteiger partial charge in [0.15, 0.2) is 0 Å². The van der Waals surface area contributed by atoms with Crippen molar-refractivity contribution in [1.29, 1.82) is 5.26 Å². The molecule has 0 saturated heterocycles. The first-order chi connectivity index (χ1) is 1.41. The number of hydrogen-bond acceptors (Lipinski definition) is 1. The summed E-state index contributed by atoms with van der Waals surface area (Å²) < 4.78 is 0. The fourth-order valence-corrected chi connectivity index (χ4v) is 0. The monoisotopic (exact) mass is 64.0 g/mol. The van der Waals surface area contributed by atoms with Gasteiger partial charge >= 0.3 is 29.6 Å². The topological polar surface area (TPSA) is 23.8 Å². The van der Waals surface area contributed by atoms with Crippen molar-refractivity contribution in [3.8, 4) is 5.97 Å². The van der Waals surface area contributed by atoms with Crippen molar-refractivity contribution < 1.29 is 32.4 Å². The van der Waals surface area contributed by atoms with Crippen molar-refractivity contribution in [1.82, 2.24) is 0 Å². The molecular weight excluding hydrogens is 59.8 g/mol. The first-order valence-electron chi connectivity index (χ1n) is 0.512. The molecule has 4 heavy (non-hydrogen) atoms. The largest absolute Gasteiger partial charge is 1.00 e. The molecule has 0 aromatic carbocycles. The van der Waals surface area contributed by atoms with Crippen LogP contribution in [-0.4, -0.2) is 7.85 Å². The Morgan fingerprint density at radius 3 is 2.25 bits per heavy atom. The zero-order valence-corrected chi connectivity index (χ0v) is 4.52. The summed E-state index contributed by atoms with van der Waals surface area (Å²) in [5.41, 5.74) is 0. The van der Waals surface area contributed by atoms with Gasteiger partial charge in [-0.15, -0.1) is 0 Å². The molecule has 0 N–H and O–H groups in total. The summed E-state index contributed by atoms with van der Waals surface area (Å²) in [4.78, 5) is 0. The van der Waals surface area contributed by atoms with Crippen LogP contribution < -0.4 is 29.6 Å². The van der Waals surface area contributed by atoms with Crippen LogP contribution in [0.5, 0.6) is 0 Å². The molecule has 0 amide bonds. The molecule has 0 aliphatic carbocycles. The molecule has 0 atom stereocenters. The first-order valence-corrected chi connectivity index (χ1v) is 0.512. The summed E-state index contributed by atoms with van der Waals surface area (Å²) in [5.74, 6) is 1.25. The predicted molar refractivity (Wildman–Crippen MR) is 14.6 cm³/mol. The van der Waals surface area contributed by atoms with E-state index in [1.807, 2.05) is 0 Å². The predicted octanol–water partition coefficient (Wildman–Crippen LogP) is -3.00. The maximum absolute atomic E-state index is 7.10. The van der Waals surface area contributed by atoms with E-state index in [4.69, 9.17) is 5.26 Å². The molecule has 0 rings (SSSR count). The minimum atomic E-state index is 0. The summed E-state index contributed by atoms with van der Waals surface area (Å²) in [6, 6.07) is 0. The minimum absolute atomic E-state index is 0. The van der Waals surface area contributed by atoms with E-state index in [1.54, 1.807) is 0 Å². The van der Waals surface area contributed by atoms with E-state index in [0.717, 1.165) is 0 Å². The van der Waals surface area contributed by atoms with Crippen molar-refractivity contribution in [3.05, 3.63) is 0 Å². The fraction of sp³-hybridized carbons (Fsp3) is 0.